The summed E-state index contributed by atoms with van der Waals surface area (Å²) in [6.07, 6.45) is 1.63. The molecule has 6 nitrogen and oxygen atoms in total. The van der Waals surface area contributed by atoms with Crippen LogP contribution in [-0.2, 0) is 11.8 Å². The van der Waals surface area contributed by atoms with Gasteiger partial charge in [0.25, 0.3) is 5.91 Å². The molecule has 2 amide bonds. The fraction of sp³-hybridized carbons (Fsp3) is 0.333. The minimum atomic E-state index is -0.321. The van der Waals surface area contributed by atoms with Crippen molar-refractivity contribution in [3.8, 4) is 0 Å². The van der Waals surface area contributed by atoms with E-state index in [1.54, 1.807) is 23.9 Å². The van der Waals surface area contributed by atoms with Gasteiger partial charge in [-0.05, 0) is 6.07 Å². The first-order chi connectivity index (χ1) is 7.04. The number of hydrogen-bond donors (Lipinski definition) is 3. The molecule has 0 aliphatic rings. The predicted octanol–water partition coefficient (Wildman–Crippen LogP) is -0.917. The molecule has 15 heavy (non-hydrogen) atoms. The molecule has 1 aromatic heterocycles. The Kier molecular flexibility index (Phi) is 3.33. The van der Waals surface area contributed by atoms with Crippen LogP contribution >= 0.6 is 0 Å². The lowest BCUT2D eigenvalue weighted by molar-refractivity contribution is -0.119. The third-order valence-corrected chi connectivity index (χ3v) is 1.95. The molecular weight excluding hydrogens is 196 g/mol. The molecule has 1 aromatic rings. The zero-order chi connectivity index (χ0) is 11.4. The second-order valence-corrected chi connectivity index (χ2v) is 3.13. The molecule has 0 aliphatic heterocycles. The molecule has 0 spiro atoms. The monoisotopic (exact) mass is 210 g/mol. The van der Waals surface area contributed by atoms with E-state index in [9.17, 15) is 9.59 Å². The maximum atomic E-state index is 11.5. The molecule has 1 rings (SSSR count). The van der Waals surface area contributed by atoms with E-state index in [4.69, 9.17) is 5.73 Å². The molecule has 0 unspecified atom stereocenters. The van der Waals surface area contributed by atoms with Gasteiger partial charge < -0.3 is 20.9 Å². The summed E-state index contributed by atoms with van der Waals surface area (Å²) in [7, 11) is 3.22. The van der Waals surface area contributed by atoms with Crippen molar-refractivity contribution in [3.63, 3.8) is 0 Å². The topological polar surface area (TPSA) is 89.2 Å². The second kappa shape index (κ2) is 4.50. The van der Waals surface area contributed by atoms with Crippen LogP contribution in [-0.4, -0.2) is 30.0 Å². The van der Waals surface area contributed by atoms with Crippen molar-refractivity contribution < 1.29 is 9.59 Å². The van der Waals surface area contributed by atoms with Gasteiger partial charge in [-0.25, -0.2) is 0 Å². The Morgan fingerprint density at radius 3 is 2.67 bits per heavy atom. The van der Waals surface area contributed by atoms with Gasteiger partial charge in [0.2, 0.25) is 5.91 Å². The summed E-state index contributed by atoms with van der Waals surface area (Å²) in [6, 6.07) is 1.55. The summed E-state index contributed by atoms with van der Waals surface area (Å²) in [4.78, 5) is 22.4. The number of amides is 2. The first kappa shape index (κ1) is 11.1. The van der Waals surface area contributed by atoms with Crippen LogP contribution in [0.25, 0.3) is 0 Å². The highest BCUT2D eigenvalue weighted by Gasteiger charge is 2.11. The molecule has 6 heteroatoms. The zero-order valence-corrected chi connectivity index (χ0v) is 8.70. The van der Waals surface area contributed by atoms with Gasteiger partial charge in [0, 0.05) is 20.3 Å². The number of likely N-dealkylation sites (N-methyl/N-ethyl adjacent to an activating group) is 1. The van der Waals surface area contributed by atoms with Crippen LogP contribution in [0.2, 0.25) is 0 Å². The molecular formula is C9H14N4O2. The number of aryl methyl sites for hydroxylation is 1. The molecule has 0 saturated carbocycles. The van der Waals surface area contributed by atoms with Crippen LogP contribution in [0, 0.1) is 0 Å². The quantitative estimate of drug-likeness (QED) is 0.603. The normalized spacial score (nSPS) is 9.73. The number of rotatable bonds is 3. The summed E-state index contributed by atoms with van der Waals surface area (Å²) in [5, 5.41) is 4.88. The largest absolute Gasteiger partial charge is 0.397 e. The Morgan fingerprint density at radius 1 is 1.53 bits per heavy atom. The summed E-state index contributed by atoms with van der Waals surface area (Å²) in [5.41, 5.74) is 6.46. The van der Waals surface area contributed by atoms with E-state index < -0.39 is 0 Å². The molecule has 0 saturated heterocycles. The minimum absolute atomic E-state index is 0.0413. The number of carbonyl (C=O) groups is 2. The number of carbonyl (C=O) groups excluding carboxylic acids is 2. The van der Waals surface area contributed by atoms with E-state index in [-0.39, 0.29) is 18.4 Å². The lowest BCUT2D eigenvalue weighted by Gasteiger charge is -2.04. The number of hydrogen-bond acceptors (Lipinski definition) is 3. The predicted molar refractivity (Wildman–Crippen MR) is 56.2 cm³/mol. The van der Waals surface area contributed by atoms with E-state index in [0.29, 0.717) is 11.4 Å². The minimum Gasteiger partial charge on any atom is -0.397 e. The SMILES string of the molecule is CNC(=O)CNC(=O)c1cc(N)cn1C. The van der Waals surface area contributed by atoms with E-state index >= 15 is 0 Å². The van der Waals surface area contributed by atoms with Crippen molar-refractivity contribution in [1.82, 2.24) is 15.2 Å². The van der Waals surface area contributed by atoms with Gasteiger partial charge in [0.1, 0.15) is 5.69 Å². The highest BCUT2D eigenvalue weighted by Crippen LogP contribution is 2.07. The van der Waals surface area contributed by atoms with Crippen LogP contribution in [0.15, 0.2) is 12.3 Å². The van der Waals surface area contributed by atoms with E-state index in [2.05, 4.69) is 10.6 Å². The zero-order valence-electron chi connectivity index (χ0n) is 8.70. The summed E-state index contributed by atoms with van der Waals surface area (Å²) < 4.78 is 1.61. The van der Waals surface area contributed by atoms with Crippen LogP contribution in [0.1, 0.15) is 10.5 Å². The molecule has 0 aliphatic carbocycles. The van der Waals surface area contributed by atoms with Gasteiger partial charge in [-0.3, -0.25) is 9.59 Å². The Hall–Kier alpha value is -1.98. The third-order valence-electron chi connectivity index (χ3n) is 1.95. The Morgan fingerprint density at radius 2 is 2.20 bits per heavy atom. The van der Waals surface area contributed by atoms with Gasteiger partial charge in [-0.2, -0.15) is 0 Å². The molecule has 1 heterocycles. The van der Waals surface area contributed by atoms with Gasteiger partial charge in [-0.15, -0.1) is 0 Å². The van der Waals surface area contributed by atoms with Crippen molar-refractivity contribution in [2.75, 3.05) is 19.3 Å². The number of nitrogens with two attached hydrogens (primary N) is 1. The van der Waals surface area contributed by atoms with E-state index in [1.807, 2.05) is 0 Å². The number of aromatic nitrogens is 1. The summed E-state index contributed by atoms with van der Waals surface area (Å²) in [6.45, 7) is -0.0413. The third kappa shape index (κ3) is 2.73. The summed E-state index contributed by atoms with van der Waals surface area (Å²) in [5.74, 6) is -0.566. The van der Waals surface area contributed by atoms with Gasteiger partial charge in [-0.1, -0.05) is 0 Å². The first-order valence-electron chi connectivity index (χ1n) is 4.45. The van der Waals surface area contributed by atoms with Crippen LogP contribution in [0.3, 0.4) is 0 Å². The van der Waals surface area contributed by atoms with Crippen LogP contribution in [0.4, 0.5) is 5.69 Å². The van der Waals surface area contributed by atoms with Crippen LogP contribution in [0.5, 0.6) is 0 Å². The number of nitrogens with zero attached hydrogens (tertiary/aromatic N) is 1. The van der Waals surface area contributed by atoms with Gasteiger partial charge in [0.05, 0.1) is 12.2 Å². The number of nitrogens with one attached hydrogen (secondary N) is 2. The fourth-order valence-electron chi connectivity index (χ4n) is 1.16. The standard InChI is InChI=1S/C9H14N4O2/c1-11-8(14)4-12-9(15)7-3-6(10)5-13(7)2/h3,5H,4,10H2,1-2H3,(H,11,14)(H,12,15). The molecule has 4 N–H and O–H groups in total. The molecule has 0 fully saturated rings. The smallest absolute Gasteiger partial charge is 0.268 e. The molecule has 82 valence electrons. The van der Waals surface area contributed by atoms with E-state index in [1.165, 1.54) is 7.05 Å². The average molecular weight is 210 g/mol. The van der Waals surface area contributed by atoms with Crippen molar-refractivity contribution >= 4 is 17.5 Å². The van der Waals surface area contributed by atoms with Crippen molar-refractivity contribution in [2.45, 2.75) is 0 Å². The number of nitrogen functional groups attached to an aromatic ring is 1. The second-order valence-electron chi connectivity index (χ2n) is 3.13. The lowest BCUT2D eigenvalue weighted by atomic mass is 10.4. The van der Waals surface area contributed by atoms with Crippen molar-refractivity contribution in [3.05, 3.63) is 18.0 Å². The Labute approximate surface area is 87.4 Å². The maximum Gasteiger partial charge on any atom is 0.268 e. The molecule has 0 radical (unpaired) electrons. The Balaban J connectivity index is 2.61. The molecule has 0 atom stereocenters. The number of anilines is 1. The highest BCUT2D eigenvalue weighted by atomic mass is 16.2. The van der Waals surface area contributed by atoms with Gasteiger partial charge >= 0.3 is 0 Å². The van der Waals surface area contributed by atoms with Crippen LogP contribution < -0.4 is 16.4 Å². The lowest BCUT2D eigenvalue weighted by Crippen LogP contribution is -2.35. The maximum absolute atomic E-state index is 11.5. The van der Waals surface area contributed by atoms with E-state index in [0.717, 1.165) is 0 Å². The Bertz CT molecular complexity index is 383. The van der Waals surface area contributed by atoms with Crippen molar-refractivity contribution in [1.29, 1.82) is 0 Å². The molecule has 0 bridgehead atoms. The first-order valence-corrected chi connectivity index (χ1v) is 4.45. The highest BCUT2D eigenvalue weighted by molar-refractivity contribution is 5.96. The van der Waals surface area contributed by atoms with Gasteiger partial charge in [0.15, 0.2) is 0 Å². The fourth-order valence-corrected chi connectivity index (χ4v) is 1.16. The summed E-state index contributed by atoms with van der Waals surface area (Å²) >= 11 is 0. The van der Waals surface area contributed by atoms with Crippen molar-refractivity contribution in [2.24, 2.45) is 7.05 Å². The molecule has 0 aromatic carbocycles. The average Bonchev–Trinajstić information content (AvgIpc) is 2.53.